The summed E-state index contributed by atoms with van der Waals surface area (Å²) in [5.41, 5.74) is 1.95. The van der Waals surface area contributed by atoms with Gasteiger partial charge in [0.15, 0.2) is 0 Å². The minimum atomic E-state index is -3.09. The molecule has 0 radical (unpaired) electrons. The van der Waals surface area contributed by atoms with E-state index in [1.165, 1.54) is 0 Å². The van der Waals surface area contributed by atoms with E-state index in [-0.39, 0.29) is 6.04 Å². The topological polar surface area (TPSA) is 29.1 Å². The Morgan fingerprint density at radius 2 is 1.31 bits per heavy atom. The highest BCUT2D eigenvalue weighted by atomic mass is 32.1. The summed E-state index contributed by atoms with van der Waals surface area (Å²) in [6.07, 6.45) is 0. The highest BCUT2D eigenvalue weighted by Gasteiger charge is 2.30. The Bertz CT molecular complexity index is 1100. The molecule has 29 heavy (non-hydrogen) atoms. The standard InChI is InChI=1S/C25H20NOPS/c27-28(23-12-6-2-7-13-23,24-14-8-3-9-15-24)26-25(22-18-19-29-20-22)17-16-21-10-4-1-5-11-21/h1-15,18-20,25H,(H,26,27)/t25-/m1/s1. The summed E-state index contributed by atoms with van der Waals surface area (Å²) in [5.74, 6) is 6.54. The van der Waals surface area contributed by atoms with Gasteiger partial charge in [-0.2, -0.15) is 11.3 Å². The maximum atomic E-state index is 14.4. The van der Waals surface area contributed by atoms with Crippen LogP contribution >= 0.6 is 18.6 Å². The molecule has 4 heteroatoms. The van der Waals surface area contributed by atoms with Gasteiger partial charge < -0.3 is 0 Å². The van der Waals surface area contributed by atoms with Gasteiger partial charge in [0.25, 0.3) is 0 Å². The third kappa shape index (κ3) is 4.58. The highest BCUT2D eigenvalue weighted by molar-refractivity contribution is 7.76. The highest BCUT2D eigenvalue weighted by Crippen LogP contribution is 2.41. The molecule has 0 aliphatic rings. The molecular weight excluding hydrogens is 393 g/mol. The first-order chi connectivity index (χ1) is 14.3. The first-order valence-corrected chi connectivity index (χ1v) is 12.0. The van der Waals surface area contributed by atoms with Crippen molar-refractivity contribution < 1.29 is 4.57 Å². The molecule has 3 aromatic carbocycles. The van der Waals surface area contributed by atoms with Gasteiger partial charge in [-0.25, -0.2) is 5.09 Å². The van der Waals surface area contributed by atoms with Crippen LogP contribution in [0.2, 0.25) is 0 Å². The summed E-state index contributed by atoms with van der Waals surface area (Å²) in [6.45, 7) is 0. The third-order valence-electron chi connectivity index (χ3n) is 4.56. The van der Waals surface area contributed by atoms with E-state index in [1.807, 2.05) is 102 Å². The van der Waals surface area contributed by atoms with E-state index in [0.717, 1.165) is 21.7 Å². The molecule has 1 aromatic heterocycles. The van der Waals surface area contributed by atoms with Crippen molar-refractivity contribution in [2.45, 2.75) is 6.04 Å². The lowest BCUT2D eigenvalue weighted by atomic mass is 10.1. The molecule has 0 spiro atoms. The van der Waals surface area contributed by atoms with Crippen molar-refractivity contribution in [3.8, 4) is 11.8 Å². The number of hydrogen-bond donors (Lipinski definition) is 1. The first kappa shape index (κ1) is 19.4. The maximum absolute atomic E-state index is 14.4. The van der Waals surface area contributed by atoms with Crippen molar-refractivity contribution in [3.63, 3.8) is 0 Å². The first-order valence-electron chi connectivity index (χ1n) is 9.33. The Morgan fingerprint density at radius 3 is 1.83 bits per heavy atom. The molecule has 4 aromatic rings. The molecule has 0 amide bonds. The second-order valence-corrected chi connectivity index (χ2v) is 9.82. The summed E-state index contributed by atoms with van der Waals surface area (Å²) >= 11 is 1.61. The molecule has 1 N–H and O–H groups in total. The fourth-order valence-electron chi connectivity index (χ4n) is 3.06. The largest absolute Gasteiger partial charge is 0.296 e. The second-order valence-electron chi connectivity index (χ2n) is 6.53. The average molecular weight is 413 g/mol. The third-order valence-corrected chi connectivity index (χ3v) is 7.94. The van der Waals surface area contributed by atoms with E-state index >= 15 is 0 Å². The zero-order valence-electron chi connectivity index (χ0n) is 15.7. The van der Waals surface area contributed by atoms with Crippen LogP contribution < -0.4 is 15.7 Å². The number of hydrogen-bond acceptors (Lipinski definition) is 2. The van der Waals surface area contributed by atoms with Crippen LogP contribution in [0.15, 0.2) is 108 Å². The zero-order valence-corrected chi connectivity index (χ0v) is 17.4. The molecule has 0 saturated carbocycles. The van der Waals surface area contributed by atoms with Crippen LogP contribution in [0.4, 0.5) is 0 Å². The van der Waals surface area contributed by atoms with E-state index in [0.29, 0.717) is 0 Å². The van der Waals surface area contributed by atoms with E-state index in [1.54, 1.807) is 11.3 Å². The zero-order chi connectivity index (χ0) is 19.9. The summed E-state index contributed by atoms with van der Waals surface area (Å²) < 4.78 is 14.4. The molecule has 0 saturated heterocycles. The minimum absolute atomic E-state index is 0.354. The molecule has 0 fully saturated rings. The fraction of sp³-hybridized carbons (Fsp3) is 0.0400. The Kier molecular flexibility index (Phi) is 6.08. The van der Waals surface area contributed by atoms with Crippen molar-refractivity contribution in [3.05, 3.63) is 119 Å². The van der Waals surface area contributed by atoms with Gasteiger partial charge in [-0.1, -0.05) is 66.4 Å². The van der Waals surface area contributed by atoms with Crippen molar-refractivity contribution >= 4 is 29.2 Å². The van der Waals surface area contributed by atoms with Gasteiger partial charge in [-0.05, 0) is 58.8 Å². The van der Waals surface area contributed by atoms with Crippen LogP contribution in [0.25, 0.3) is 0 Å². The summed E-state index contributed by atoms with van der Waals surface area (Å²) in [5, 5.41) is 9.04. The predicted octanol–water partition coefficient (Wildman–Crippen LogP) is 5.36. The van der Waals surface area contributed by atoms with E-state index in [4.69, 9.17) is 0 Å². The monoisotopic (exact) mass is 413 g/mol. The predicted molar refractivity (Wildman–Crippen MR) is 123 cm³/mol. The molecule has 4 rings (SSSR count). The lowest BCUT2D eigenvalue weighted by Crippen LogP contribution is -2.30. The summed E-state index contributed by atoms with van der Waals surface area (Å²) in [6, 6.07) is 30.7. The van der Waals surface area contributed by atoms with E-state index < -0.39 is 7.29 Å². The molecule has 142 valence electrons. The Morgan fingerprint density at radius 1 is 0.759 bits per heavy atom. The number of thiophene rings is 1. The van der Waals surface area contributed by atoms with Crippen molar-refractivity contribution in [1.82, 2.24) is 5.09 Å². The van der Waals surface area contributed by atoms with E-state index in [9.17, 15) is 4.57 Å². The number of nitrogens with one attached hydrogen (secondary N) is 1. The lowest BCUT2D eigenvalue weighted by molar-refractivity contribution is 0.574. The minimum Gasteiger partial charge on any atom is -0.296 e. The maximum Gasteiger partial charge on any atom is 0.205 e. The van der Waals surface area contributed by atoms with Crippen LogP contribution in [0, 0.1) is 11.8 Å². The van der Waals surface area contributed by atoms with Crippen LogP contribution in [-0.2, 0) is 4.57 Å². The van der Waals surface area contributed by atoms with Crippen LogP contribution in [0.5, 0.6) is 0 Å². The number of benzene rings is 3. The molecule has 1 heterocycles. The summed E-state index contributed by atoms with van der Waals surface area (Å²) in [7, 11) is -3.09. The van der Waals surface area contributed by atoms with Crippen LogP contribution in [0.3, 0.4) is 0 Å². The molecule has 2 nitrogen and oxygen atoms in total. The average Bonchev–Trinajstić information content (AvgIpc) is 3.33. The summed E-state index contributed by atoms with van der Waals surface area (Å²) in [4.78, 5) is 0. The van der Waals surface area contributed by atoms with Gasteiger partial charge in [-0.3, -0.25) is 4.57 Å². The SMILES string of the molecule is O=P(N[C@H](C#Cc1ccccc1)c1ccsc1)(c1ccccc1)c1ccccc1. The van der Waals surface area contributed by atoms with Crippen molar-refractivity contribution in [2.24, 2.45) is 0 Å². The Labute approximate surface area is 175 Å². The smallest absolute Gasteiger partial charge is 0.205 e. The molecule has 1 atom stereocenters. The van der Waals surface area contributed by atoms with Crippen LogP contribution in [-0.4, -0.2) is 0 Å². The Hall–Kier alpha value is -2.89. The van der Waals surface area contributed by atoms with Gasteiger partial charge in [-0.15, -0.1) is 0 Å². The molecular formula is C25H20NOPS. The Balaban J connectivity index is 1.78. The van der Waals surface area contributed by atoms with Crippen LogP contribution in [0.1, 0.15) is 17.2 Å². The van der Waals surface area contributed by atoms with Gasteiger partial charge in [0.05, 0.1) is 0 Å². The fourth-order valence-corrected chi connectivity index (χ4v) is 6.11. The quantitative estimate of drug-likeness (QED) is 0.353. The number of rotatable bonds is 5. The van der Waals surface area contributed by atoms with Crippen molar-refractivity contribution in [2.75, 3.05) is 0 Å². The molecule has 0 bridgehead atoms. The lowest BCUT2D eigenvalue weighted by Gasteiger charge is -2.24. The molecule has 0 aliphatic carbocycles. The van der Waals surface area contributed by atoms with Gasteiger partial charge >= 0.3 is 0 Å². The van der Waals surface area contributed by atoms with Crippen molar-refractivity contribution in [1.29, 1.82) is 0 Å². The molecule has 0 aliphatic heterocycles. The molecule has 0 unspecified atom stereocenters. The van der Waals surface area contributed by atoms with E-state index in [2.05, 4.69) is 22.3 Å². The normalized spacial score (nSPS) is 12.0. The van der Waals surface area contributed by atoms with Gasteiger partial charge in [0, 0.05) is 16.2 Å². The second kappa shape index (κ2) is 9.07. The van der Waals surface area contributed by atoms with Gasteiger partial charge in [0.1, 0.15) is 6.04 Å². The van der Waals surface area contributed by atoms with Gasteiger partial charge in [0.2, 0.25) is 7.29 Å².